The number of nitrogens with two attached hydrogens (primary N) is 1. The molecule has 0 spiro atoms. The highest BCUT2D eigenvalue weighted by Crippen LogP contribution is 2.33. The second-order valence-electron chi connectivity index (χ2n) is 4.46. The van der Waals surface area contributed by atoms with E-state index in [-0.39, 0.29) is 11.4 Å². The Kier molecular flexibility index (Phi) is 3.93. The maximum absolute atomic E-state index is 12.7. The summed E-state index contributed by atoms with van der Waals surface area (Å²) in [4.78, 5) is 3.29. The summed E-state index contributed by atoms with van der Waals surface area (Å²) < 4.78 is 43.1. The lowest BCUT2D eigenvalue weighted by Gasteiger charge is -2.13. The summed E-state index contributed by atoms with van der Waals surface area (Å²) in [6.07, 6.45) is -3.53. The molecule has 2 aromatic rings. The number of nitrogens with zero attached hydrogens (tertiary/aromatic N) is 1. The van der Waals surface area contributed by atoms with Gasteiger partial charge in [-0.05, 0) is 36.8 Å². The van der Waals surface area contributed by atoms with Gasteiger partial charge in [-0.2, -0.15) is 13.2 Å². The van der Waals surface area contributed by atoms with Gasteiger partial charge in [-0.3, -0.25) is 0 Å². The van der Waals surface area contributed by atoms with Crippen molar-refractivity contribution in [2.45, 2.75) is 13.1 Å². The maximum Gasteiger partial charge on any atom is 0.433 e. The molecule has 0 amide bonds. The number of ether oxygens (including phenoxy) is 1. The van der Waals surface area contributed by atoms with Crippen molar-refractivity contribution in [1.29, 1.82) is 0 Å². The van der Waals surface area contributed by atoms with E-state index in [0.29, 0.717) is 11.4 Å². The van der Waals surface area contributed by atoms with Gasteiger partial charge in [0.25, 0.3) is 0 Å². The predicted molar refractivity (Wildman–Crippen MR) is 74.7 cm³/mol. The molecule has 3 N–H and O–H groups in total. The summed E-state index contributed by atoms with van der Waals surface area (Å²) in [6, 6.07) is 6.06. The number of hydrogen-bond donors (Lipinski definition) is 2. The van der Waals surface area contributed by atoms with Crippen LogP contribution >= 0.6 is 0 Å². The Morgan fingerprint density at radius 2 is 1.95 bits per heavy atom. The van der Waals surface area contributed by atoms with Crippen molar-refractivity contribution in [3.63, 3.8) is 0 Å². The number of hydrogen-bond acceptors (Lipinski definition) is 4. The van der Waals surface area contributed by atoms with Gasteiger partial charge in [0.1, 0.15) is 11.4 Å². The van der Waals surface area contributed by atoms with Crippen molar-refractivity contribution in [2.24, 2.45) is 0 Å². The zero-order valence-corrected chi connectivity index (χ0v) is 11.5. The van der Waals surface area contributed by atoms with Crippen LogP contribution in [0.1, 0.15) is 11.3 Å². The fraction of sp³-hybridized carbons (Fsp3) is 0.214. The molecule has 0 radical (unpaired) electrons. The number of rotatable bonds is 3. The van der Waals surface area contributed by atoms with Crippen LogP contribution in [0.3, 0.4) is 0 Å². The number of alkyl halides is 3. The Balaban J connectivity index is 2.33. The predicted octanol–water partition coefficient (Wildman–Crippen LogP) is 3.74. The highest BCUT2D eigenvalue weighted by atomic mass is 19.4. The molecule has 2 rings (SSSR count). The summed E-state index contributed by atoms with van der Waals surface area (Å²) in [6.45, 7) is 1.83. The third-order valence-electron chi connectivity index (χ3n) is 2.90. The fourth-order valence-electron chi connectivity index (χ4n) is 1.84. The third-order valence-corrected chi connectivity index (χ3v) is 2.90. The zero-order valence-electron chi connectivity index (χ0n) is 11.5. The van der Waals surface area contributed by atoms with Gasteiger partial charge in [0, 0.05) is 5.69 Å². The van der Waals surface area contributed by atoms with Crippen molar-refractivity contribution in [1.82, 2.24) is 4.98 Å². The SMILES string of the molecule is COc1ccc(Nc2cc(C(F)(F)F)ncc2N)cc1C. The van der Waals surface area contributed by atoms with Gasteiger partial charge in [0.15, 0.2) is 0 Å². The lowest BCUT2D eigenvalue weighted by atomic mass is 10.2. The topological polar surface area (TPSA) is 60.2 Å². The van der Waals surface area contributed by atoms with Crippen LogP contribution in [0.15, 0.2) is 30.5 Å². The van der Waals surface area contributed by atoms with E-state index >= 15 is 0 Å². The molecule has 1 aromatic heterocycles. The molecule has 0 saturated carbocycles. The molecular formula is C14H14F3N3O. The van der Waals surface area contributed by atoms with Crippen LogP contribution in [-0.4, -0.2) is 12.1 Å². The van der Waals surface area contributed by atoms with E-state index in [1.165, 1.54) is 0 Å². The summed E-state index contributed by atoms with van der Waals surface area (Å²) in [7, 11) is 1.55. The number of halogens is 3. The van der Waals surface area contributed by atoms with Crippen molar-refractivity contribution in [3.05, 3.63) is 41.7 Å². The van der Waals surface area contributed by atoms with Gasteiger partial charge in [-0.25, -0.2) is 4.98 Å². The maximum atomic E-state index is 12.7. The molecule has 1 heterocycles. The van der Waals surface area contributed by atoms with Gasteiger partial charge in [-0.1, -0.05) is 0 Å². The van der Waals surface area contributed by atoms with E-state index in [4.69, 9.17) is 10.5 Å². The minimum absolute atomic E-state index is 0.136. The van der Waals surface area contributed by atoms with Gasteiger partial charge < -0.3 is 15.8 Å². The zero-order chi connectivity index (χ0) is 15.6. The molecular weight excluding hydrogens is 283 g/mol. The molecule has 7 heteroatoms. The molecule has 0 aliphatic rings. The Labute approximate surface area is 119 Å². The van der Waals surface area contributed by atoms with Crippen LogP contribution in [0.4, 0.5) is 30.2 Å². The molecule has 0 saturated heterocycles. The van der Waals surface area contributed by atoms with E-state index in [9.17, 15) is 13.2 Å². The van der Waals surface area contributed by atoms with Crippen LogP contribution in [0.25, 0.3) is 0 Å². The largest absolute Gasteiger partial charge is 0.496 e. The first kappa shape index (κ1) is 15.0. The van der Waals surface area contributed by atoms with Gasteiger partial charge >= 0.3 is 6.18 Å². The lowest BCUT2D eigenvalue weighted by molar-refractivity contribution is -0.141. The highest BCUT2D eigenvalue weighted by molar-refractivity contribution is 5.72. The number of aromatic nitrogens is 1. The molecule has 0 bridgehead atoms. The minimum Gasteiger partial charge on any atom is -0.496 e. The molecule has 0 atom stereocenters. The van der Waals surface area contributed by atoms with E-state index in [1.807, 2.05) is 6.92 Å². The number of pyridine rings is 1. The number of methoxy groups -OCH3 is 1. The molecule has 112 valence electrons. The lowest BCUT2D eigenvalue weighted by Crippen LogP contribution is -2.09. The molecule has 21 heavy (non-hydrogen) atoms. The molecule has 4 nitrogen and oxygen atoms in total. The fourth-order valence-corrected chi connectivity index (χ4v) is 1.84. The molecule has 0 aliphatic heterocycles. The standard InChI is InChI=1S/C14H14F3N3O/c1-8-5-9(3-4-12(8)21-2)20-11-6-13(14(15,16)17)19-7-10(11)18/h3-7H,18H2,1-2H3,(H,19,20). The number of benzene rings is 1. The van der Waals surface area contributed by atoms with E-state index < -0.39 is 11.9 Å². The molecule has 1 aromatic carbocycles. The monoisotopic (exact) mass is 297 g/mol. The van der Waals surface area contributed by atoms with Crippen LogP contribution in [0, 0.1) is 6.92 Å². The Hall–Kier alpha value is -2.44. The smallest absolute Gasteiger partial charge is 0.433 e. The molecule has 0 unspecified atom stereocenters. The Morgan fingerprint density at radius 1 is 1.24 bits per heavy atom. The quantitative estimate of drug-likeness (QED) is 0.906. The summed E-state index contributed by atoms with van der Waals surface area (Å²) >= 11 is 0. The van der Waals surface area contributed by atoms with Crippen molar-refractivity contribution in [2.75, 3.05) is 18.2 Å². The summed E-state index contributed by atoms with van der Waals surface area (Å²) in [5.41, 5.74) is 6.42. The first-order chi connectivity index (χ1) is 9.81. The third kappa shape index (κ3) is 3.36. The van der Waals surface area contributed by atoms with Gasteiger partial charge in [0.2, 0.25) is 0 Å². The summed E-state index contributed by atoms with van der Waals surface area (Å²) in [5.74, 6) is 0.694. The normalized spacial score (nSPS) is 11.3. The second kappa shape index (κ2) is 5.51. The van der Waals surface area contributed by atoms with Crippen LogP contribution < -0.4 is 15.8 Å². The number of nitrogens with one attached hydrogen (secondary N) is 1. The van der Waals surface area contributed by atoms with Crippen molar-refractivity contribution < 1.29 is 17.9 Å². The van der Waals surface area contributed by atoms with E-state index in [0.717, 1.165) is 17.8 Å². The Bertz CT molecular complexity index is 656. The van der Waals surface area contributed by atoms with E-state index in [1.54, 1.807) is 25.3 Å². The first-order valence-corrected chi connectivity index (χ1v) is 6.05. The Morgan fingerprint density at radius 3 is 2.52 bits per heavy atom. The number of anilines is 3. The molecule has 0 aliphatic carbocycles. The van der Waals surface area contributed by atoms with Gasteiger partial charge in [-0.15, -0.1) is 0 Å². The molecule has 0 fully saturated rings. The van der Waals surface area contributed by atoms with Crippen LogP contribution in [0.2, 0.25) is 0 Å². The first-order valence-electron chi connectivity index (χ1n) is 6.05. The highest BCUT2D eigenvalue weighted by Gasteiger charge is 2.32. The van der Waals surface area contributed by atoms with E-state index in [2.05, 4.69) is 10.3 Å². The van der Waals surface area contributed by atoms with Crippen LogP contribution in [-0.2, 0) is 6.18 Å². The van der Waals surface area contributed by atoms with Crippen LogP contribution in [0.5, 0.6) is 5.75 Å². The van der Waals surface area contributed by atoms with Crippen molar-refractivity contribution in [3.8, 4) is 5.75 Å². The number of nitrogen functional groups attached to an aromatic ring is 1. The van der Waals surface area contributed by atoms with Gasteiger partial charge in [0.05, 0.1) is 24.7 Å². The minimum atomic E-state index is -4.51. The van der Waals surface area contributed by atoms with Crippen molar-refractivity contribution >= 4 is 17.1 Å². The average Bonchev–Trinajstić information content (AvgIpc) is 2.40. The second-order valence-corrected chi connectivity index (χ2v) is 4.46. The average molecular weight is 297 g/mol. The summed E-state index contributed by atoms with van der Waals surface area (Å²) in [5, 5.41) is 2.86. The number of aryl methyl sites for hydroxylation is 1.